The first-order valence-corrected chi connectivity index (χ1v) is 11.2. The number of anilines is 1. The van der Waals surface area contributed by atoms with Crippen LogP contribution in [0.5, 0.6) is 0 Å². The van der Waals surface area contributed by atoms with Crippen LogP contribution in [-0.4, -0.2) is 13.4 Å². The summed E-state index contributed by atoms with van der Waals surface area (Å²) in [6.45, 7) is 2.04. The summed E-state index contributed by atoms with van der Waals surface area (Å²) in [5.74, 6) is 0. The molecule has 0 saturated carbocycles. The van der Waals surface area contributed by atoms with Crippen molar-refractivity contribution in [1.82, 2.24) is 4.98 Å². The lowest BCUT2D eigenvalue weighted by Crippen LogP contribution is -2.11. The maximum absolute atomic E-state index is 12.3. The number of thiazole rings is 1. The van der Waals surface area contributed by atoms with E-state index >= 15 is 0 Å². The van der Waals surface area contributed by atoms with E-state index in [1.807, 2.05) is 19.1 Å². The number of hydrogen-bond donors (Lipinski definition) is 1. The van der Waals surface area contributed by atoms with E-state index in [0.29, 0.717) is 10.0 Å². The SMILES string of the molecule is Cc1ccc2sc(-c3ccc(NS(=O)(=O)c4ccc(Cl)s4)cc3)nc2c1. The van der Waals surface area contributed by atoms with E-state index in [1.54, 1.807) is 29.5 Å². The topological polar surface area (TPSA) is 59.1 Å². The van der Waals surface area contributed by atoms with Crippen molar-refractivity contribution in [2.75, 3.05) is 4.72 Å². The molecule has 8 heteroatoms. The predicted octanol–water partition coefficient (Wildman–Crippen LogP) is 5.79. The Bertz CT molecular complexity index is 1190. The number of aryl methyl sites for hydroxylation is 1. The second-order valence-electron chi connectivity index (χ2n) is 5.73. The molecule has 2 aromatic carbocycles. The first-order chi connectivity index (χ1) is 12.4. The van der Waals surface area contributed by atoms with Crippen LogP contribution in [0.2, 0.25) is 4.34 Å². The minimum Gasteiger partial charge on any atom is -0.279 e. The van der Waals surface area contributed by atoms with Crippen molar-refractivity contribution in [3.8, 4) is 10.6 Å². The zero-order valence-corrected chi connectivity index (χ0v) is 16.8. The second kappa shape index (κ2) is 6.66. The van der Waals surface area contributed by atoms with Crippen molar-refractivity contribution in [3.05, 3.63) is 64.5 Å². The van der Waals surface area contributed by atoms with Crippen LogP contribution in [0.15, 0.2) is 58.8 Å². The van der Waals surface area contributed by atoms with Gasteiger partial charge in [-0.3, -0.25) is 4.72 Å². The van der Waals surface area contributed by atoms with Crippen LogP contribution in [0.25, 0.3) is 20.8 Å². The molecule has 1 N–H and O–H groups in total. The Morgan fingerprint density at radius 1 is 1.00 bits per heavy atom. The average Bonchev–Trinajstić information content (AvgIpc) is 3.21. The van der Waals surface area contributed by atoms with Crippen molar-refractivity contribution in [2.45, 2.75) is 11.1 Å². The van der Waals surface area contributed by atoms with Gasteiger partial charge in [0, 0.05) is 11.3 Å². The quantitative estimate of drug-likeness (QED) is 0.454. The summed E-state index contributed by atoms with van der Waals surface area (Å²) in [4.78, 5) is 4.67. The number of halogens is 1. The molecule has 0 aliphatic heterocycles. The molecular weight excluding hydrogens is 408 g/mol. The van der Waals surface area contributed by atoms with E-state index in [-0.39, 0.29) is 4.21 Å². The molecule has 0 bridgehead atoms. The highest BCUT2D eigenvalue weighted by atomic mass is 35.5. The Morgan fingerprint density at radius 2 is 1.77 bits per heavy atom. The molecule has 0 atom stereocenters. The smallest absolute Gasteiger partial charge is 0.271 e. The van der Waals surface area contributed by atoms with Crippen LogP contribution >= 0.6 is 34.3 Å². The molecule has 2 aromatic heterocycles. The number of hydrogen-bond acceptors (Lipinski definition) is 5. The van der Waals surface area contributed by atoms with Gasteiger partial charge in [0.15, 0.2) is 0 Å². The molecule has 0 unspecified atom stereocenters. The number of aromatic nitrogens is 1. The third-order valence-corrected chi connectivity index (χ3v) is 7.93. The molecule has 132 valence electrons. The van der Waals surface area contributed by atoms with Crippen LogP contribution in [0.4, 0.5) is 5.69 Å². The van der Waals surface area contributed by atoms with Gasteiger partial charge in [0.1, 0.15) is 9.22 Å². The van der Waals surface area contributed by atoms with Gasteiger partial charge in [-0.15, -0.1) is 22.7 Å². The second-order valence-corrected chi connectivity index (χ2v) is 10.4. The Morgan fingerprint density at radius 3 is 2.46 bits per heavy atom. The van der Waals surface area contributed by atoms with Crippen molar-refractivity contribution < 1.29 is 8.42 Å². The largest absolute Gasteiger partial charge is 0.279 e. The summed E-state index contributed by atoms with van der Waals surface area (Å²) in [5.41, 5.74) is 3.60. The molecule has 4 nitrogen and oxygen atoms in total. The molecule has 0 aliphatic rings. The molecule has 0 fully saturated rings. The summed E-state index contributed by atoms with van der Waals surface area (Å²) in [6.07, 6.45) is 0. The highest BCUT2D eigenvalue weighted by molar-refractivity contribution is 7.94. The number of nitrogens with one attached hydrogen (secondary N) is 1. The first kappa shape index (κ1) is 17.5. The number of fused-ring (bicyclic) bond motifs is 1. The minimum absolute atomic E-state index is 0.188. The predicted molar refractivity (Wildman–Crippen MR) is 110 cm³/mol. The summed E-state index contributed by atoms with van der Waals surface area (Å²) in [6, 6.07) is 16.5. The van der Waals surface area contributed by atoms with Crippen LogP contribution in [0.3, 0.4) is 0 Å². The Hall–Kier alpha value is -1.93. The van der Waals surface area contributed by atoms with Gasteiger partial charge >= 0.3 is 0 Å². The standard InChI is InChI=1S/C18H13ClN2O2S3/c1-11-2-7-15-14(10-11)20-18(24-15)12-3-5-13(6-4-12)21-26(22,23)17-9-8-16(19)25-17/h2-10,21H,1H3. The van der Waals surface area contributed by atoms with E-state index in [2.05, 4.69) is 27.9 Å². The summed E-state index contributed by atoms with van der Waals surface area (Å²) >= 11 is 8.46. The summed E-state index contributed by atoms with van der Waals surface area (Å²) in [5, 5.41) is 0.907. The Balaban J connectivity index is 1.60. The fourth-order valence-corrected chi connectivity index (χ4v) is 5.98. The normalized spacial score (nSPS) is 11.8. The van der Waals surface area contributed by atoms with Gasteiger partial charge in [0.25, 0.3) is 10.0 Å². The molecule has 4 aromatic rings. The maximum Gasteiger partial charge on any atom is 0.271 e. The van der Waals surface area contributed by atoms with Gasteiger partial charge < -0.3 is 0 Å². The Kier molecular flexibility index (Phi) is 4.48. The van der Waals surface area contributed by atoms with Crippen LogP contribution in [0, 0.1) is 6.92 Å². The van der Waals surface area contributed by atoms with Gasteiger partial charge in [-0.25, -0.2) is 13.4 Å². The average molecular weight is 421 g/mol. The van der Waals surface area contributed by atoms with E-state index in [1.165, 1.54) is 11.6 Å². The number of rotatable bonds is 4. The van der Waals surface area contributed by atoms with E-state index in [4.69, 9.17) is 11.6 Å². The zero-order chi connectivity index (χ0) is 18.3. The van der Waals surface area contributed by atoms with Crippen LogP contribution < -0.4 is 4.72 Å². The fourth-order valence-electron chi connectivity index (χ4n) is 2.49. The third kappa shape index (κ3) is 3.48. The Labute approximate surface area is 164 Å². The van der Waals surface area contributed by atoms with Crippen molar-refractivity contribution >= 4 is 60.2 Å². The molecule has 4 rings (SSSR count). The van der Waals surface area contributed by atoms with Gasteiger partial charge in [-0.2, -0.15) is 0 Å². The molecule has 26 heavy (non-hydrogen) atoms. The monoisotopic (exact) mass is 420 g/mol. The van der Waals surface area contributed by atoms with E-state index in [0.717, 1.165) is 32.1 Å². The number of benzene rings is 2. The van der Waals surface area contributed by atoms with Crippen molar-refractivity contribution in [1.29, 1.82) is 0 Å². The lowest BCUT2D eigenvalue weighted by molar-refractivity contribution is 0.603. The third-order valence-electron chi connectivity index (χ3n) is 3.74. The summed E-state index contributed by atoms with van der Waals surface area (Å²) < 4.78 is 29.0. The van der Waals surface area contributed by atoms with Gasteiger partial charge in [-0.05, 0) is 61.0 Å². The van der Waals surface area contributed by atoms with Crippen LogP contribution in [-0.2, 0) is 10.0 Å². The lowest BCUT2D eigenvalue weighted by atomic mass is 10.2. The van der Waals surface area contributed by atoms with Crippen molar-refractivity contribution in [3.63, 3.8) is 0 Å². The number of thiophene rings is 1. The van der Waals surface area contributed by atoms with Gasteiger partial charge in [0.05, 0.1) is 14.6 Å². The van der Waals surface area contributed by atoms with Gasteiger partial charge in [-0.1, -0.05) is 17.7 Å². The number of sulfonamides is 1. The highest BCUT2D eigenvalue weighted by Gasteiger charge is 2.17. The minimum atomic E-state index is -3.62. The molecule has 0 saturated heterocycles. The zero-order valence-electron chi connectivity index (χ0n) is 13.6. The molecular formula is C18H13ClN2O2S3. The fraction of sp³-hybridized carbons (Fsp3) is 0.0556. The maximum atomic E-state index is 12.3. The lowest BCUT2D eigenvalue weighted by Gasteiger charge is -2.06. The number of nitrogens with zero attached hydrogens (tertiary/aromatic N) is 1. The van der Waals surface area contributed by atoms with Gasteiger partial charge in [0.2, 0.25) is 0 Å². The van der Waals surface area contributed by atoms with E-state index in [9.17, 15) is 8.42 Å². The molecule has 0 amide bonds. The molecule has 0 aliphatic carbocycles. The highest BCUT2D eigenvalue weighted by Crippen LogP contribution is 2.32. The van der Waals surface area contributed by atoms with Crippen molar-refractivity contribution in [2.24, 2.45) is 0 Å². The van der Waals surface area contributed by atoms with Crippen LogP contribution in [0.1, 0.15) is 5.56 Å². The van der Waals surface area contributed by atoms with E-state index < -0.39 is 10.0 Å². The first-order valence-electron chi connectivity index (χ1n) is 7.66. The molecule has 2 heterocycles. The molecule has 0 spiro atoms. The molecule has 0 radical (unpaired) electrons. The summed E-state index contributed by atoms with van der Waals surface area (Å²) in [7, 11) is -3.62.